The molecule has 0 aromatic carbocycles. The molecule has 4 heteroatoms. The number of carbonyl (C=O) groups is 1. The monoisotopic (exact) mass is 228 g/mol. The summed E-state index contributed by atoms with van der Waals surface area (Å²) in [5, 5.41) is 4.16. The Morgan fingerprint density at radius 2 is 2.25 bits per heavy atom. The van der Waals surface area contributed by atoms with Crippen LogP contribution in [0.5, 0.6) is 0 Å². The van der Waals surface area contributed by atoms with Crippen LogP contribution in [0.15, 0.2) is 4.60 Å². The second kappa shape index (κ2) is 2.69. The molecule has 0 saturated heterocycles. The van der Waals surface area contributed by atoms with Crippen LogP contribution in [0.2, 0.25) is 0 Å². The summed E-state index contributed by atoms with van der Waals surface area (Å²) in [5.41, 5.74) is 1.86. The fraction of sp³-hybridized carbons (Fsp3) is 0.500. The molecule has 0 aliphatic heterocycles. The van der Waals surface area contributed by atoms with Gasteiger partial charge in [0.05, 0.1) is 0 Å². The van der Waals surface area contributed by atoms with E-state index in [0.717, 1.165) is 28.7 Å². The van der Waals surface area contributed by atoms with E-state index in [9.17, 15) is 4.79 Å². The Morgan fingerprint density at radius 3 is 2.92 bits per heavy atom. The number of Topliss-reactive ketones (excluding diaryl/α,β-unsaturated/α-hetero) is 1. The first kappa shape index (κ1) is 7.98. The SMILES string of the molecule is Cn1nc(Br)c2c1C(=O)CCC2. The molecule has 1 aromatic heterocycles. The predicted molar refractivity (Wildman–Crippen MR) is 48.2 cm³/mol. The van der Waals surface area contributed by atoms with Crippen molar-refractivity contribution in [2.75, 3.05) is 0 Å². The van der Waals surface area contributed by atoms with Crippen LogP contribution in [-0.4, -0.2) is 15.6 Å². The van der Waals surface area contributed by atoms with Crippen molar-refractivity contribution in [2.24, 2.45) is 7.05 Å². The topological polar surface area (TPSA) is 34.9 Å². The van der Waals surface area contributed by atoms with Crippen LogP contribution < -0.4 is 0 Å². The number of hydrogen-bond acceptors (Lipinski definition) is 2. The molecule has 0 unspecified atom stereocenters. The fourth-order valence-corrected chi connectivity index (χ4v) is 2.27. The van der Waals surface area contributed by atoms with Crippen LogP contribution in [0.25, 0.3) is 0 Å². The van der Waals surface area contributed by atoms with Gasteiger partial charge in [-0.15, -0.1) is 0 Å². The standard InChI is InChI=1S/C8H9BrN2O/c1-11-7-5(8(9)10-11)3-2-4-6(7)12/h2-4H2,1H3. The normalized spacial score (nSPS) is 16.3. The molecule has 3 nitrogen and oxygen atoms in total. The zero-order chi connectivity index (χ0) is 8.72. The quantitative estimate of drug-likeness (QED) is 0.678. The Morgan fingerprint density at radius 1 is 1.50 bits per heavy atom. The molecule has 12 heavy (non-hydrogen) atoms. The highest BCUT2D eigenvalue weighted by atomic mass is 79.9. The summed E-state index contributed by atoms with van der Waals surface area (Å²) in [5.74, 6) is 0.219. The van der Waals surface area contributed by atoms with Crippen molar-refractivity contribution in [2.45, 2.75) is 19.3 Å². The summed E-state index contributed by atoms with van der Waals surface area (Å²) in [6.07, 6.45) is 2.59. The van der Waals surface area contributed by atoms with Gasteiger partial charge in [-0.1, -0.05) is 0 Å². The zero-order valence-electron chi connectivity index (χ0n) is 6.80. The summed E-state index contributed by atoms with van der Waals surface area (Å²) in [7, 11) is 1.81. The Hall–Kier alpha value is -0.640. The van der Waals surface area contributed by atoms with E-state index in [0.29, 0.717) is 6.42 Å². The third-order valence-corrected chi connectivity index (χ3v) is 2.83. The lowest BCUT2D eigenvalue weighted by Crippen LogP contribution is -2.13. The molecular weight excluding hydrogens is 220 g/mol. The molecule has 0 amide bonds. The van der Waals surface area contributed by atoms with Crippen LogP contribution in [0.3, 0.4) is 0 Å². The lowest BCUT2D eigenvalue weighted by atomic mass is 9.97. The minimum Gasteiger partial charge on any atom is -0.292 e. The summed E-state index contributed by atoms with van der Waals surface area (Å²) in [6.45, 7) is 0. The zero-order valence-corrected chi connectivity index (χ0v) is 8.39. The Labute approximate surface area is 78.9 Å². The van der Waals surface area contributed by atoms with Gasteiger partial charge >= 0.3 is 0 Å². The van der Waals surface area contributed by atoms with Crippen LogP contribution in [-0.2, 0) is 13.5 Å². The van der Waals surface area contributed by atoms with Crippen LogP contribution in [0.4, 0.5) is 0 Å². The average Bonchev–Trinajstić information content (AvgIpc) is 2.29. The molecule has 0 N–H and O–H groups in total. The molecule has 1 heterocycles. The van der Waals surface area contributed by atoms with Gasteiger partial charge < -0.3 is 0 Å². The van der Waals surface area contributed by atoms with Gasteiger partial charge in [0.2, 0.25) is 0 Å². The first-order chi connectivity index (χ1) is 5.70. The van der Waals surface area contributed by atoms with E-state index in [1.54, 1.807) is 4.68 Å². The molecule has 0 fully saturated rings. The van der Waals surface area contributed by atoms with Crippen LogP contribution in [0, 0.1) is 0 Å². The van der Waals surface area contributed by atoms with Crippen molar-refractivity contribution in [1.82, 2.24) is 9.78 Å². The molecule has 1 aromatic rings. The molecule has 0 atom stereocenters. The molecule has 1 aliphatic carbocycles. The van der Waals surface area contributed by atoms with Crippen LogP contribution >= 0.6 is 15.9 Å². The highest BCUT2D eigenvalue weighted by Gasteiger charge is 2.23. The smallest absolute Gasteiger partial charge is 0.181 e. The van der Waals surface area contributed by atoms with E-state index in [4.69, 9.17) is 0 Å². The minimum absolute atomic E-state index is 0.219. The second-order valence-electron chi connectivity index (χ2n) is 3.02. The van der Waals surface area contributed by atoms with E-state index in [1.807, 2.05) is 7.05 Å². The molecular formula is C8H9BrN2O. The summed E-state index contributed by atoms with van der Waals surface area (Å²) >= 11 is 3.35. The number of nitrogens with zero attached hydrogens (tertiary/aromatic N) is 2. The second-order valence-corrected chi connectivity index (χ2v) is 3.77. The number of aryl methyl sites for hydroxylation is 1. The Bertz CT molecular complexity index is 343. The average molecular weight is 229 g/mol. The van der Waals surface area contributed by atoms with Gasteiger partial charge in [0.1, 0.15) is 10.3 Å². The lowest BCUT2D eigenvalue weighted by Gasteiger charge is -2.10. The Balaban J connectivity index is 2.62. The van der Waals surface area contributed by atoms with Crippen molar-refractivity contribution in [3.8, 4) is 0 Å². The number of hydrogen-bond donors (Lipinski definition) is 0. The van der Waals surface area contributed by atoms with Gasteiger partial charge in [-0.2, -0.15) is 5.10 Å². The van der Waals surface area contributed by atoms with Crippen molar-refractivity contribution in [1.29, 1.82) is 0 Å². The van der Waals surface area contributed by atoms with Gasteiger partial charge in [-0.25, -0.2) is 0 Å². The highest BCUT2D eigenvalue weighted by molar-refractivity contribution is 9.10. The largest absolute Gasteiger partial charge is 0.292 e. The van der Waals surface area contributed by atoms with Crippen molar-refractivity contribution >= 4 is 21.7 Å². The number of rotatable bonds is 0. The maximum Gasteiger partial charge on any atom is 0.181 e. The lowest BCUT2D eigenvalue weighted by molar-refractivity contribution is 0.0963. The Kier molecular flexibility index (Phi) is 1.79. The number of aromatic nitrogens is 2. The molecule has 0 saturated carbocycles. The van der Waals surface area contributed by atoms with Crippen LogP contribution in [0.1, 0.15) is 28.9 Å². The van der Waals surface area contributed by atoms with Gasteiger partial charge in [0.15, 0.2) is 5.78 Å². The molecule has 2 rings (SSSR count). The number of fused-ring (bicyclic) bond motifs is 1. The third kappa shape index (κ3) is 1.02. The van der Waals surface area contributed by atoms with Crippen molar-refractivity contribution < 1.29 is 4.79 Å². The first-order valence-electron chi connectivity index (χ1n) is 3.94. The van der Waals surface area contributed by atoms with E-state index in [1.165, 1.54) is 0 Å². The number of halogens is 1. The van der Waals surface area contributed by atoms with E-state index >= 15 is 0 Å². The summed E-state index contributed by atoms with van der Waals surface area (Å²) in [6, 6.07) is 0. The molecule has 0 radical (unpaired) electrons. The van der Waals surface area contributed by atoms with Gasteiger partial charge in [0.25, 0.3) is 0 Å². The number of ketones is 1. The van der Waals surface area contributed by atoms with E-state index in [2.05, 4.69) is 21.0 Å². The summed E-state index contributed by atoms with van der Waals surface area (Å²) in [4.78, 5) is 11.4. The minimum atomic E-state index is 0.219. The summed E-state index contributed by atoms with van der Waals surface area (Å²) < 4.78 is 2.49. The maximum atomic E-state index is 11.4. The van der Waals surface area contributed by atoms with Crippen molar-refractivity contribution in [3.05, 3.63) is 15.9 Å². The molecule has 0 bridgehead atoms. The fourth-order valence-electron chi connectivity index (χ4n) is 1.65. The number of carbonyl (C=O) groups excluding carboxylic acids is 1. The molecule has 0 spiro atoms. The maximum absolute atomic E-state index is 11.4. The van der Waals surface area contributed by atoms with E-state index in [-0.39, 0.29) is 5.78 Å². The first-order valence-corrected chi connectivity index (χ1v) is 4.74. The van der Waals surface area contributed by atoms with E-state index < -0.39 is 0 Å². The highest BCUT2D eigenvalue weighted by Crippen LogP contribution is 2.26. The third-order valence-electron chi connectivity index (χ3n) is 2.19. The molecule has 64 valence electrons. The van der Waals surface area contributed by atoms with Gasteiger partial charge in [0, 0.05) is 19.0 Å². The van der Waals surface area contributed by atoms with Crippen molar-refractivity contribution in [3.63, 3.8) is 0 Å². The molecule has 1 aliphatic rings. The predicted octanol–water partition coefficient (Wildman–Crippen LogP) is 1.70. The van der Waals surface area contributed by atoms with Gasteiger partial charge in [-0.05, 0) is 28.8 Å². The van der Waals surface area contributed by atoms with Gasteiger partial charge in [-0.3, -0.25) is 9.48 Å².